The standard InChI is InChI=1S/C13H21BrF3N3/c1-4-18-10(6-7-13(15,16)17)8-11-12(14)9(3)19-20(11)5-2/h10,18H,4-8H2,1-3H3. The molecule has 1 atom stereocenters. The summed E-state index contributed by atoms with van der Waals surface area (Å²) < 4.78 is 39.8. The Kier molecular flexibility index (Phi) is 6.51. The lowest BCUT2D eigenvalue weighted by molar-refractivity contribution is -0.136. The highest BCUT2D eigenvalue weighted by molar-refractivity contribution is 9.10. The number of rotatable bonds is 7. The molecule has 0 aliphatic heterocycles. The van der Waals surface area contributed by atoms with Crippen LogP contribution in [0, 0.1) is 6.92 Å². The molecule has 0 amide bonds. The predicted molar refractivity (Wildman–Crippen MR) is 76.8 cm³/mol. The molecule has 1 N–H and O–H groups in total. The summed E-state index contributed by atoms with van der Waals surface area (Å²) in [5.74, 6) is 0. The molecular weight excluding hydrogens is 335 g/mol. The van der Waals surface area contributed by atoms with Gasteiger partial charge in [-0.3, -0.25) is 4.68 Å². The molecule has 7 heteroatoms. The van der Waals surface area contributed by atoms with Gasteiger partial charge in [-0.2, -0.15) is 18.3 Å². The van der Waals surface area contributed by atoms with Crippen molar-refractivity contribution in [3.05, 3.63) is 15.9 Å². The molecule has 1 rings (SSSR count). The number of alkyl halides is 3. The lowest BCUT2D eigenvalue weighted by Crippen LogP contribution is -2.33. The molecule has 0 radical (unpaired) electrons. The molecule has 116 valence electrons. The highest BCUT2D eigenvalue weighted by Crippen LogP contribution is 2.26. The van der Waals surface area contributed by atoms with Crippen LogP contribution in [0.25, 0.3) is 0 Å². The highest BCUT2D eigenvalue weighted by atomic mass is 79.9. The molecular formula is C13H21BrF3N3. The molecule has 0 saturated heterocycles. The van der Waals surface area contributed by atoms with Crippen molar-refractivity contribution in [2.45, 2.75) is 58.8 Å². The third-order valence-electron chi connectivity index (χ3n) is 3.16. The van der Waals surface area contributed by atoms with Crippen molar-refractivity contribution < 1.29 is 13.2 Å². The summed E-state index contributed by atoms with van der Waals surface area (Å²) in [6.07, 6.45) is -4.25. The maximum atomic E-state index is 12.4. The van der Waals surface area contributed by atoms with Crippen LogP contribution in [0.15, 0.2) is 4.47 Å². The van der Waals surface area contributed by atoms with E-state index in [1.54, 1.807) is 0 Å². The summed E-state index contributed by atoms with van der Waals surface area (Å²) in [4.78, 5) is 0. The lowest BCUT2D eigenvalue weighted by Gasteiger charge is -2.19. The molecule has 0 aromatic carbocycles. The van der Waals surface area contributed by atoms with E-state index in [1.165, 1.54) is 0 Å². The van der Waals surface area contributed by atoms with E-state index < -0.39 is 12.6 Å². The zero-order chi connectivity index (χ0) is 15.3. The van der Waals surface area contributed by atoms with Gasteiger partial charge >= 0.3 is 6.18 Å². The summed E-state index contributed by atoms with van der Waals surface area (Å²) in [5.41, 5.74) is 1.83. The zero-order valence-electron chi connectivity index (χ0n) is 12.0. The Bertz CT molecular complexity index is 429. The lowest BCUT2D eigenvalue weighted by atomic mass is 10.1. The first-order chi connectivity index (χ1) is 9.28. The Balaban J connectivity index is 2.79. The second kappa shape index (κ2) is 7.45. The van der Waals surface area contributed by atoms with E-state index in [-0.39, 0.29) is 12.5 Å². The normalized spacial score (nSPS) is 13.8. The largest absolute Gasteiger partial charge is 0.389 e. The minimum Gasteiger partial charge on any atom is -0.314 e. The van der Waals surface area contributed by atoms with Gasteiger partial charge in [-0.1, -0.05) is 6.92 Å². The van der Waals surface area contributed by atoms with Gasteiger partial charge in [0.2, 0.25) is 0 Å². The first-order valence-electron chi connectivity index (χ1n) is 6.80. The fourth-order valence-electron chi connectivity index (χ4n) is 2.20. The Morgan fingerprint density at radius 3 is 2.50 bits per heavy atom. The van der Waals surface area contributed by atoms with E-state index in [0.29, 0.717) is 19.5 Å². The fourth-order valence-corrected chi connectivity index (χ4v) is 2.65. The number of aromatic nitrogens is 2. The van der Waals surface area contributed by atoms with Gasteiger partial charge < -0.3 is 5.32 Å². The van der Waals surface area contributed by atoms with Gasteiger partial charge in [0.15, 0.2) is 0 Å². The Labute approximate surface area is 126 Å². The average molecular weight is 356 g/mol. The molecule has 0 aliphatic rings. The molecule has 0 aliphatic carbocycles. The topological polar surface area (TPSA) is 29.9 Å². The van der Waals surface area contributed by atoms with E-state index >= 15 is 0 Å². The molecule has 0 bridgehead atoms. The number of aryl methyl sites for hydroxylation is 2. The SMILES string of the molecule is CCNC(CCC(F)(F)F)Cc1c(Br)c(C)nn1CC. The van der Waals surface area contributed by atoms with Crippen LogP contribution in [0.4, 0.5) is 13.2 Å². The maximum absolute atomic E-state index is 12.4. The molecule has 20 heavy (non-hydrogen) atoms. The molecule has 1 heterocycles. The zero-order valence-corrected chi connectivity index (χ0v) is 13.6. The summed E-state index contributed by atoms with van der Waals surface area (Å²) in [6, 6.07) is -0.195. The summed E-state index contributed by atoms with van der Waals surface area (Å²) in [6.45, 7) is 7.12. The smallest absolute Gasteiger partial charge is 0.314 e. The van der Waals surface area contributed by atoms with Gasteiger partial charge in [0.25, 0.3) is 0 Å². The molecule has 3 nitrogen and oxygen atoms in total. The summed E-state index contributed by atoms with van der Waals surface area (Å²) >= 11 is 3.48. The number of hydrogen-bond acceptors (Lipinski definition) is 2. The van der Waals surface area contributed by atoms with Crippen molar-refractivity contribution in [3.8, 4) is 0 Å². The van der Waals surface area contributed by atoms with Crippen molar-refractivity contribution >= 4 is 15.9 Å². The Morgan fingerprint density at radius 1 is 1.35 bits per heavy atom. The van der Waals surface area contributed by atoms with Crippen molar-refractivity contribution in [1.29, 1.82) is 0 Å². The average Bonchev–Trinajstić information content (AvgIpc) is 2.63. The minimum atomic E-state index is -4.11. The van der Waals surface area contributed by atoms with Crippen LogP contribution < -0.4 is 5.32 Å². The number of halogens is 4. The number of likely N-dealkylation sites (N-methyl/N-ethyl adjacent to an activating group) is 1. The van der Waals surface area contributed by atoms with Gasteiger partial charge in [-0.15, -0.1) is 0 Å². The summed E-state index contributed by atoms with van der Waals surface area (Å²) in [5, 5.41) is 7.50. The predicted octanol–water partition coefficient (Wildman–Crippen LogP) is 3.84. The quantitative estimate of drug-likeness (QED) is 0.805. The van der Waals surface area contributed by atoms with Crippen LogP contribution in [-0.4, -0.2) is 28.5 Å². The highest BCUT2D eigenvalue weighted by Gasteiger charge is 2.28. The van der Waals surface area contributed by atoms with Gasteiger partial charge in [0, 0.05) is 25.4 Å². The van der Waals surface area contributed by atoms with E-state index in [2.05, 4.69) is 26.3 Å². The molecule has 0 saturated carbocycles. The molecule has 1 aromatic heterocycles. The van der Waals surface area contributed by atoms with Crippen molar-refractivity contribution in [3.63, 3.8) is 0 Å². The van der Waals surface area contributed by atoms with Crippen LogP contribution >= 0.6 is 15.9 Å². The van der Waals surface area contributed by atoms with Crippen molar-refractivity contribution in [2.24, 2.45) is 0 Å². The molecule has 1 unspecified atom stereocenters. The van der Waals surface area contributed by atoms with Crippen LogP contribution in [0.3, 0.4) is 0 Å². The number of nitrogens with zero attached hydrogens (tertiary/aromatic N) is 2. The van der Waals surface area contributed by atoms with Crippen LogP contribution in [0.1, 0.15) is 38.1 Å². The van der Waals surface area contributed by atoms with Gasteiger partial charge in [-0.25, -0.2) is 0 Å². The van der Waals surface area contributed by atoms with E-state index in [0.717, 1.165) is 15.9 Å². The Morgan fingerprint density at radius 2 is 2.00 bits per heavy atom. The van der Waals surface area contributed by atoms with Crippen molar-refractivity contribution in [1.82, 2.24) is 15.1 Å². The first-order valence-corrected chi connectivity index (χ1v) is 7.59. The second-order valence-corrected chi connectivity index (χ2v) is 5.57. The Hall–Kier alpha value is -0.560. The fraction of sp³-hybridized carbons (Fsp3) is 0.769. The monoisotopic (exact) mass is 355 g/mol. The van der Waals surface area contributed by atoms with E-state index in [4.69, 9.17) is 0 Å². The number of nitrogens with one attached hydrogen (secondary N) is 1. The maximum Gasteiger partial charge on any atom is 0.389 e. The van der Waals surface area contributed by atoms with Gasteiger partial charge in [0.05, 0.1) is 15.9 Å². The molecule has 1 aromatic rings. The summed E-state index contributed by atoms with van der Waals surface area (Å²) in [7, 11) is 0. The first kappa shape index (κ1) is 17.5. The molecule has 0 spiro atoms. The van der Waals surface area contributed by atoms with Crippen molar-refractivity contribution in [2.75, 3.05) is 6.54 Å². The third kappa shape index (κ3) is 5.09. The van der Waals surface area contributed by atoms with Crippen LogP contribution in [0.5, 0.6) is 0 Å². The van der Waals surface area contributed by atoms with Crippen LogP contribution in [-0.2, 0) is 13.0 Å². The van der Waals surface area contributed by atoms with Crippen LogP contribution in [0.2, 0.25) is 0 Å². The minimum absolute atomic E-state index is 0.0811. The van der Waals surface area contributed by atoms with E-state index in [9.17, 15) is 13.2 Å². The van der Waals surface area contributed by atoms with Gasteiger partial charge in [-0.05, 0) is 42.7 Å². The number of hydrogen-bond donors (Lipinski definition) is 1. The third-order valence-corrected chi connectivity index (χ3v) is 4.19. The van der Waals surface area contributed by atoms with E-state index in [1.807, 2.05) is 25.5 Å². The second-order valence-electron chi connectivity index (χ2n) is 4.77. The molecule has 0 fully saturated rings. The van der Waals surface area contributed by atoms with Gasteiger partial charge in [0.1, 0.15) is 0 Å².